The number of carbonyl (C=O) groups is 1. The second kappa shape index (κ2) is 11.4. The summed E-state index contributed by atoms with van der Waals surface area (Å²) in [6, 6.07) is 5.37. The summed E-state index contributed by atoms with van der Waals surface area (Å²) in [5.74, 6) is -1.06. The fourth-order valence-electron chi connectivity index (χ4n) is 7.63. The molecule has 4 aromatic rings. The van der Waals surface area contributed by atoms with Crippen molar-refractivity contribution in [1.29, 1.82) is 0 Å². The maximum Gasteiger partial charge on any atom is 0.407 e. The van der Waals surface area contributed by atoms with Crippen LogP contribution in [0.15, 0.2) is 30.5 Å². The highest BCUT2D eigenvalue weighted by molar-refractivity contribution is 6.01. The molecule has 13 heteroatoms. The number of hydrogen-bond acceptors (Lipinski definition) is 8. The number of nitrogens with zero attached hydrogens (tertiary/aromatic N) is 6. The maximum absolute atomic E-state index is 16.8. The Balaban J connectivity index is 1.36. The molecule has 0 spiro atoms. The lowest BCUT2D eigenvalue weighted by Gasteiger charge is -2.31. The van der Waals surface area contributed by atoms with Crippen molar-refractivity contribution in [2.24, 2.45) is 0 Å². The highest BCUT2D eigenvalue weighted by Gasteiger charge is 2.49. The van der Waals surface area contributed by atoms with E-state index >= 15 is 4.39 Å². The number of aromatic nitrogens is 3. The van der Waals surface area contributed by atoms with Crippen LogP contribution in [0.4, 0.5) is 23.8 Å². The molecule has 7 rings (SSSR count). The third kappa shape index (κ3) is 5.01. The molecule has 242 valence electrons. The first-order valence-electron chi connectivity index (χ1n) is 15.6. The fraction of sp³-hybridized carbons (Fsp3) is 0.455. The molecule has 46 heavy (non-hydrogen) atoms. The zero-order valence-electron chi connectivity index (χ0n) is 25.6. The molecule has 0 radical (unpaired) electrons. The van der Waals surface area contributed by atoms with Gasteiger partial charge >= 0.3 is 12.1 Å². The van der Waals surface area contributed by atoms with Crippen LogP contribution in [-0.4, -0.2) is 98.6 Å². The van der Waals surface area contributed by atoms with Crippen molar-refractivity contribution in [2.75, 3.05) is 44.7 Å². The van der Waals surface area contributed by atoms with Gasteiger partial charge < -0.3 is 24.7 Å². The number of halogens is 3. The summed E-state index contributed by atoms with van der Waals surface area (Å²) in [7, 11) is 1.76. The first-order valence-corrected chi connectivity index (χ1v) is 15.6. The molecule has 0 unspecified atom stereocenters. The van der Waals surface area contributed by atoms with Crippen molar-refractivity contribution in [3.05, 3.63) is 47.7 Å². The maximum atomic E-state index is 16.8. The highest BCUT2D eigenvalue weighted by Crippen LogP contribution is 2.42. The van der Waals surface area contributed by atoms with Gasteiger partial charge in [0.15, 0.2) is 5.82 Å². The zero-order valence-corrected chi connectivity index (χ0v) is 25.6. The Morgan fingerprint density at radius 2 is 2.02 bits per heavy atom. The molecule has 3 aliphatic rings. The number of aryl methyl sites for hydroxylation is 1. The van der Waals surface area contributed by atoms with E-state index in [4.69, 9.17) is 4.74 Å². The molecule has 2 N–H and O–H groups in total. The van der Waals surface area contributed by atoms with E-state index in [1.807, 2.05) is 0 Å². The van der Waals surface area contributed by atoms with Gasteiger partial charge in [0.2, 0.25) is 0 Å². The van der Waals surface area contributed by atoms with Crippen molar-refractivity contribution < 1.29 is 32.9 Å². The summed E-state index contributed by atoms with van der Waals surface area (Å²) >= 11 is 0. The first kappa shape index (κ1) is 30.3. The molecule has 3 atom stereocenters. The van der Waals surface area contributed by atoms with Crippen molar-refractivity contribution in [2.45, 2.75) is 56.8 Å². The van der Waals surface area contributed by atoms with Gasteiger partial charge in [0, 0.05) is 50.9 Å². The number of hydrogen-bond donors (Lipinski definition) is 2. The number of rotatable bonds is 7. The van der Waals surface area contributed by atoms with E-state index in [-0.39, 0.29) is 53.1 Å². The minimum absolute atomic E-state index is 0.0912. The zero-order chi connectivity index (χ0) is 32.3. The number of carboxylic acid groups (broad SMARTS) is 1. The average molecular weight is 637 g/mol. The van der Waals surface area contributed by atoms with Gasteiger partial charge in [-0.1, -0.05) is 13.0 Å². The summed E-state index contributed by atoms with van der Waals surface area (Å²) in [5.41, 5.74) is -0.114. The third-order valence-electron chi connectivity index (χ3n) is 9.95. The molecule has 10 nitrogen and oxygen atoms in total. The summed E-state index contributed by atoms with van der Waals surface area (Å²) in [4.78, 5) is 30.5. The van der Waals surface area contributed by atoms with Gasteiger partial charge in [0.1, 0.15) is 41.4 Å². The monoisotopic (exact) mass is 636 g/mol. The second-order valence-corrected chi connectivity index (χ2v) is 12.6. The fourth-order valence-corrected chi connectivity index (χ4v) is 7.63. The van der Waals surface area contributed by atoms with Gasteiger partial charge in [-0.25, -0.2) is 18.0 Å². The Morgan fingerprint density at radius 1 is 1.20 bits per heavy atom. The molecule has 3 saturated heterocycles. The van der Waals surface area contributed by atoms with E-state index in [0.29, 0.717) is 54.5 Å². The number of likely N-dealkylation sites (N-methyl/N-ethyl adjacent to an activating group) is 1. The van der Waals surface area contributed by atoms with E-state index in [9.17, 15) is 23.8 Å². The van der Waals surface area contributed by atoms with Gasteiger partial charge in [0.25, 0.3) is 0 Å². The van der Waals surface area contributed by atoms with Gasteiger partial charge in [-0.15, -0.1) is 0 Å². The summed E-state index contributed by atoms with van der Waals surface area (Å²) in [6.07, 6.45) is 2.36. The number of aromatic hydroxyl groups is 1. The number of anilines is 1. The van der Waals surface area contributed by atoms with E-state index in [2.05, 4.69) is 19.9 Å². The van der Waals surface area contributed by atoms with Crippen LogP contribution in [0.5, 0.6) is 11.8 Å². The Morgan fingerprint density at radius 3 is 2.78 bits per heavy atom. The van der Waals surface area contributed by atoms with Gasteiger partial charge in [0.05, 0.1) is 10.9 Å². The molecule has 0 aliphatic carbocycles. The average Bonchev–Trinajstić information content (AvgIpc) is 3.74. The van der Waals surface area contributed by atoms with Crippen LogP contribution in [0.1, 0.15) is 38.2 Å². The summed E-state index contributed by atoms with van der Waals surface area (Å²) < 4.78 is 52.3. The normalized spacial score (nSPS) is 23.0. The molecule has 2 aromatic carbocycles. The number of phenolic OH excluding ortho intramolecular Hbond substituents is 1. The summed E-state index contributed by atoms with van der Waals surface area (Å²) in [5, 5.41) is 21.3. The lowest BCUT2D eigenvalue weighted by molar-refractivity contribution is 0.107. The number of likely N-dealkylation sites (tertiary alicyclic amines) is 1. The molecule has 2 aromatic heterocycles. The largest absolute Gasteiger partial charge is 0.508 e. The number of benzene rings is 2. The molecular formula is C33H35F3N6O4. The van der Waals surface area contributed by atoms with Crippen LogP contribution in [0.2, 0.25) is 0 Å². The Hall–Kier alpha value is -4.39. The molecule has 1 amide bonds. The quantitative estimate of drug-likeness (QED) is 0.270. The molecule has 5 heterocycles. The van der Waals surface area contributed by atoms with E-state index in [0.717, 1.165) is 19.4 Å². The minimum atomic E-state index is -1.02. The predicted molar refractivity (Wildman–Crippen MR) is 166 cm³/mol. The second-order valence-electron chi connectivity index (χ2n) is 12.6. The van der Waals surface area contributed by atoms with Gasteiger partial charge in [-0.2, -0.15) is 9.97 Å². The lowest BCUT2D eigenvalue weighted by atomic mass is 9.94. The number of fused-ring (bicyclic) bond motifs is 3. The SMILES string of the molecule is CCc1c(F)ccc2cc(O)cc(-c3ncc4c(N(C)[C@@H]5CCN(C(=O)O)C5)nc(OC[C@@]56CCCN5C[C@H](F)C6)nc4c3F)c12. The van der Waals surface area contributed by atoms with Gasteiger partial charge in [-0.3, -0.25) is 9.88 Å². The van der Waals surface area contributed by atoms with Crippen molar-refractivity contribution >= 4 is 33.6 Å². The minimum Gasteiger partial charge on any atom is -0.508 e. The number of phenols is 1. The standard InChI is InChI=1S/C33H35F3N6O4/c1-3-22-25(35)6-5-18-11-21(43)12-23(26(18)22)28-27(36)29-24(14-37-28)30(40(2)20-7-10-41(16-20)32(44)45)39-31(38-29)46-17-33-8-4-9-42(33)15-19(34)13-33/h5-6,11-12,14,19-20,43H,3-4,7-10,13,15-17H2,1-2H3,(H,44,45)/t19-,20-,33+/m1/s1. The number of ether oxygens (including phenoxy) is 1. The number of alkyl halides is 1. The first-order chi connectivity index (χ1) is 22.1. The molecule has 0 saturated carbocycles. The molecule has 3 aliphatic heterocycles. The third-order valence-corrected chi connectivity index (χ3v) is 9.95. The van der Waals surface area contributed by atoms with Crippen LogP contribution < -0.4 is 9.64 Å². The van der Waals surface area contributed by atoms with Crippen LogP contribution in [0.3, 0.4) is 0 Å². The molecule has 3 fully saturated rings. The van der Waals surface area contributed by atoms with Crippen LogP contribution >= 0.6 is 0 Å². The van der Waals surface area contributed by atoms with Gasteiger partial charge in [-0.05, 0) is 66.8 Å². The summed E-state index contributed by atoms with van der Waals surface area (Å²) in [6.45, 7) is 3.63. The van der Waals surface area contributed by atoms with E-state index in [1.165, 1.54) is 35.4 Å². The topological polar surface area (TPSA) is 115 Å². The van der Waals surface area contributed by atoms with E-state index < -0.39 is 29.4 Å². The smallest absolute Gasteiger partial charge is 0.407 e. The number of pyridine rings is 1. The van der Waals surface area contributed by atoms with Crippen molar-refractivity contribution in [1.82, 2.24) is 24.8 Å². The molecule has 0 bridgehead atoms. The lowest BCUT2D eigenvalue weighted by Crippen LogP contribution is -2.43. The van der Waals surface area contributed by atoms with E-state index in [1.54, 1.807) is 18.9 Å². The van der Waals surface area contributed by atoms with Crippen molar-refractivity contribution in [3.63, 3.8) is 0 Å². The van der Waals surface area contributed by atoms with Crippen LogP contribution in [0, 0.1) is 11.6 Å². The van der Waals surface area contributed by atoms with Crippen LogP contribution in [-0.2, 0) is 6.42 Å². The highest BCUT2D eigenvalue weighted by atomic mass is 19.1. The Kier molecular flexibility index (Phi) is 7.53. The Bertz CT molecular complexity index is 1860. The number of amides is 1. The van der Waals surface area contributed by atoms with Crippen LogP contribution in [0.25, 0.3) is 32.9 Å². The van der Waals surface area contributed by atoms with Crippen molar-refractivity contribution in [3.8, 4) is 23.0 Å². The predicted octanol–water partition coefficient (Wildman–Crippen LogP) is 5.53. The Labute approximate surface area is 263 Å². The molecular weight excluding hydrogens is 601 g/mol.